The molecule has 10 nitrogen and oxygen atoms in total. The predicted molar refractivity (Wildman–Crippen MR) is 241 cm³/mol. The van der Waals surface area contributed by atoms with Crippen LogP contribution in [0.15, 0.2) is 0 Å². The topological polar surface area (TPSA) is 169 Å². The second-order valence-electron chi connectivity index (χ2n) is 18.1. The summed E-state index contributed by atoms with van der Waals surface area (Å²) < 4.78 is 11.2. The molecule has 0 aromatic carbocycles. The molecule has 8 atom stereocenters. The van der Waals surface area contributed by atoms with Crippen molar-refractivity contribution in [1.29, 1.82) is 0 Å². The zero-order valence-electron chi connectivity index (χ0n) is 38.4. The van der Waals surface area contributed by atoms with Gasteiger partial charge in [-0.1, -0.05) is 226 Å². The van der Waals surface area contributed by atoms with Crippen molar-refractivity contribution in [2.45, 2.75) is 294 Å². The molecule has 1 saturated heterocycles. The van der Waals surface area contributed by atoms with Crippen molar-refractivity contribution in [2.75, 3.05) is 13.2 Å². The summed E-state index contributed by atoms with van der Waals surface area (Å²) >= 11 is 0. The summed E-state index contributed by atoms with van der Waals surface area (Å²) in [4.78, 5) is 13.0. The SMILES string of the molecule is CCCCCCCCCCCCCCCCCCCCCCCCC(=O)N[C@@H](CO[C@@H]1O[C@H](CO)[C@@H](O)[C@H](O)[C@H]1O)[C@H](O)[C@H](O)CCCCCCCCCCCCCC. The molecular formula is C49H97NO9. The first-order valence-electron chi connectivity index (χ1n) is 25.3. The van der Waals surface area contributed by atoms with Gasteiger partial charge in [0.2, 0.25) is 5.91 Å². The standard InChI is InChI=1S/C49H97NO9/c1-3-5-7-9-11-13-15-17-18-19-20-21-22-23-24-25-26-28-30-32-34-36-38-44(53)50-41(40-58-49-48(57)47(56)46(55)43(39-51)59-49)45(54)42(52)37-35-33-31-29-27-16-14-12-10-8-6-4-2/h41-43,45-49,51-52,54-57H,3-40H2,1-2H3,(H,50,53)/t41-,42+,43+,45-,46+,47-,48+,49+/m0/s1. The fraction of sp³-hybridized carbons (Fsp3) is 0.980. The van der Waals surface area contributed by atoms with Crippen LogP contribution in [0.25, 0.3) is 0 Å². The van der Waals surface area contributed by atoms with Gasteiger partial charge in [-0.05, 0) is 12.8 Å². The van der Waals surface area contributed by atoms with E-state index >= 15 is 0 Å². The van der Waals surface area contributed by atoms with Crippen LogP contribution in [0.2, 0.25) is 0 Å². The molecule has 59 heavy (non-hydrogen) atoms. The fourth-order valence-electron chi connectivity index (χ4n) is 8.44. The number of carbonyl (C=O) groups is 1. The lowest BCUT2D eigenvalue weighted by Crippen LogP contribution is -2.60. The van der Waals surface area contributed by atoms with E-state index in [1.165, 1.54) is 180 Å². The molecule has 1 aliphatic heterocycles. The zero-order valence-corrected chi connectivity index (χ0v) is 38.4. The van der Waals surface area contributed by atoms with Crippen molar-refractivity contribution in [3.63, 3.8) is 0 Å². The minimum absolute atomic E-state index is 0.253. The number of hydrogen-bond donors (Lipinski definition) is 7. The summed E-state index contributed by atoms with van der Waals surface area (Å²) in [6.45, 7) is 3.63. The molecule has 1 aliphatic rings. The summed E-state index contributed by atoms with van der Waals surface area (Å²) in [5.41, 5.74) is 0. The number of nitrogens with one attached hydrogen (secondary N) is 1. The predicted octanol–water partition coefficient (Wildman–Crippen LogP) is 10.1. The maximum Gasteiger partial charge on any atom is 0.220 e. The van der Waals surface area contributed by atoms with Crippen molar-refractivity contribution in [3.05, 3.63) is 0 Å². The molecule has 0 unspecified atom stereocenters. The van der Waals surface area contributed by atoms with E-state index in [2.05, 4.69) is 19.2 Å². The van der Waals surface area contributed by atoms with Crippen LogP contribution in [0.4, 0.5) is 0 Å². The van der Waals surface area contributed by atoms with Gasteiger partial charge in [0.1, 0.15) is 30.5 Å². The Morgan fingerprint density at radius 1 is 0.525 bits per heavy atom. The normalized spacial score (nSPS) is 21.1. The second-order valence-corrected chi connectivity index (χ2v) is 18.1. The minimum atomic E-state index is -1.60. The molecular weight excluding hydrogens is 747 g/mol. The highest BCUT2D eigenvalue weighted by molar-refractivity contribution is 5.76. The van der Waals surface area contributed by atoms with E-state index in [-0.39, 0.29) is 18.9 Å². The summed E-state index contributed by atoms with van der Waals surface area (Å²) in [6, 6.07) is -0.984. The number of aliphatic hydroxyl groups excluding tert-OH is 6. The van der Waals surface area contributed by atoms with Gasteiger partial charge >= 0.3 is 0 Å². The Kier molecular flexibility index (Phi) is 38.0. The van der Waals surface area contributed by atoms with Crippen molar-refractivity contribution in [3.8, 4) is 0 Å². The summed E-state index contributed by atoms with van der Waals surface area (Å²) in [5, 5.41) is 65.2. The van der Waals surface area contributed by atoms with Gasteiger partial charge in [-0.15, -0.1) is 0 Å². The van der Waals surface area contributed by atoms with Gasteiger partial charge in [0.25, 0.3) is 0 Å². The third-order valence-electron chi connectivity index (χ3n) is 12.6. The maximum absolute atomic E-state index is 13.0. The number of carbonyl (C=O) groups excluding carboxylic acids is 1. The van der Waals surface area contributed by atoms with Crippen LogP contribution in [0.5, 0.6) is 0 Å². The Labute approximate surface area is 362 Å². The van der Waals surface area contributed by atoms with Crippen LogP contribution >= 0.6 is 0 Å². The highest BCUT2D eigenvalue weighted by Crippen LogP contribution is 2.23. The lowest BCUT2D eigenvalue weighted by molar-refractivity contribution is -0.303. The zero-order chi connectivity index (χ0) is 43.2. The smallest absolute Gasteiger partial charge is 0.220 e. The van der Waals surface area contributed by atoms with Crippen molar-refractivity contribution < 1.29 is 44.9 Å². The molecule has 0 spiro atoms. The Morgan fingerprint density at radius 2 is 0.881 bits per heavy atom. The molecule has 0 saturated carbocycles. The highest BCUT2D eigenvalue weighted by atomic mass is 16.7. The molecule has 0 aliphatic carbocycles. The van der Waals surface area contributed by atoms with Crippen molar-refractivity contribution >= 4 is 5.91 Å². The number of aliphatic hydroxyl groups is 6. The van der Waals surface area contributed by atoms with E-state index in [0.29, 0.717) is 6.42 Å². The lowest BCUT2D eigenvalue weighted by atomic mass is 9.98. The molecule has 10 heteroatoms. The maximum atomic E-state index is 13.0. The Hall–Kier alpha value is -0.850. The quantitative estimate of drug-likeness (QED) is 0.0296. The average molecular weight is 844 g/mol. The Balaban J connectivity index is 2.28. The van der Waals surface area contributed by atoms with Crippen molar-refractivity contribution in [2.24, 2.45) is 0 Å². The first-order chi connectivity index (χ1) is 28.8. The van der Waals surface area contributed by atoms with E-state index < -0.39 is 55.6 Å². The molecule has 1 fully saturated rings. The molecule has 0 bridgehead atoms. The number of amides is 1. The number of unbranched alkanes of at least 4 members (excludes halogenated alkanes) is 32. The van der Waals surface area contributed by atoms with Crippen LogP contribution in [-0.4, -0.2) is 98.7 Å². The van der Waals surface area contributed by atoms with Gasteiger partial charge in [-0.3, -0.25) is 4.79 Å². The van der Waals surface area contributed by atoms with Crippen LogP contribution in [0.1, 0.15) is 245 Å². The van der Waals surface area contributed by atoms with E-state index in [9.17, 15) is 35.4 Å². The lowest BCUT2D eigenvalue weighted by Gasteiger charge is -2.40. The van der Waals surface area contributed by atoms with E-state index in [0.717, 1.165) is 38.5 Å². The Morgan fingerprint density at radius 3 is 1.25 bits per heavy atom. The van der Waals surface area contributed by atoms with Crippen LogP contribution in [-0.2, 0) is 14.3 Å². The van der Waals surface area contributed by atoms with Crippen LogP contribution < -0.4 is 5.32 Å². The summed E-state index contributed by atoms with van der Waals surface area (Å²) in [5.74, 6) is -0.253. The van der Waals surface area contributed by atoms with Gasteiger partial charge in [0.05, 0.1) is 25.4 Å². The number of hydrogen-bond acceptors (Lipinski definition) is 9. The first-order valence-corrected chi connectivity index (χ1v) is 25.3. The monoisotopic (exact) mass is 844 g/mol. The largest absolute Gasteiger partial charge is 0.394 e. The van der Waals surface area contributed by atoms with E-state index in [1.807, 2.05) is 0 Å². The van der Waals surface area contributed by atoms with Crippen LogP contribution in [0.3, 0.4) is 0 Å². The Bertz CT molecular complexity index is 911. The first kappa shape index (κ1) is 56.2. The molecule has 1 heterocycles. The van der Waals surface area contributed by atoms with Gasteiger partial charge in [0.15, 0.2) is 6.29 Å². The molecule has 1 amide bonds. The molecule has 0 aromatic rings. The summed E-state index contributed by atoms with van der Waals surface area (Å²) in [6.07, 6.45) is 34.0. The minimum Gasteiger partial charge on any atom is -0.394 e. The third kappa shape index (κ3) is 30.0. The third-order valence-corrected chi connectivity index (χ3v) is 12.6. The van der Waals surface area contributed by atoms with E-state index in [4.69, 9.17) is 9.47 Å². The molecule has 1 rings (SSSR count). The van der Waals surface area contributed by atoms with Gasteiger partial charge in [0, 0.05) is 6.42 Å². The number of ether oxygens (including phenoxy) is 2. The molecule has 352 valence electrons. The van der Waals surface area contributed by atoms with Gasteiger partial charge in [-0.25, -0.2) is 0 Å². The molecule has 0 radical (unpaired) electrons. The molecule has 7 N–H and O–H groups in total. The molecule has 0 aromatic heterocycles. The fourth-order valence-corrected chi connectivity index (χ4v) is 8.44. The highest BCUT2D eigenvalue weighted by Gasteiger charge is 2.44. The van der Waals surface area contributed by atoms with E-state index in [1.54, 1.807) is 0 Å². The second kappa shape index (κ2) is 40.0. The van der Waals surface area contributed by atoms with Crippen LogP contribution in [0, 0.1) is 0 Å². The summed E-state index contributed by atoms with van der Waals surface area (Å²) in [7, 11) is 0. The van der Waals surface area contributed by atoms with Gasteiger partial charge in [-0.2, -0.15) is 0 Å². The van der Waals surface area contributed by atoms with Gasteiger partial charge < -0.3 is 45.4 Å². The number of rotatable bonds is 43. The van der Waals surface area contributed by atoms with Crippen molar-refractivity contribution in [1.82, 2.24) is 5.32 Å². The average Bonchev–Trinajstić information content (AvgIpc) is 3.23.